The van der Waals surface area contributed by atoms with Crippen LogP contribution in [0, 0.1) is 18.3 Å². The quantitative estimate of drug-likeness (QED) is 0.297. The van der Waals surface area contributed by atoms with Crippen molar-refractivity contribution in [3.8, 4) is 6.07 Å². The van der Waals surface area contributed by atoms with Gasteiger partial charge in [0.25, 0.3) is 11.5 Å². The van der Waals surface area contributed by atoms with E-state index < -0.39 is 0 Å². The van der Waals surface area contributed by atoms with E-state index in [1.54, 1.807) is 18.9 Å². The third-order valence-corrected chi connectivity index (χ3v) is 7.70. The number of morpholine rings is 1. The lowest BCUT2D eigenvalue weighted by Crippen LogP contribution is -2.47. The number of carbonyl (C=O) groups is 1. The Hall–Kier alpha value is -2.15. The molecule has 2 atom stereocenters. The van der Waals surface area contributed by atoms with Gasteiger partial charge in [-0.2, -0.15) is 5.26 Å². The topological polar surface area (TPSA) is 78.6 Å². The molecular weight excluding hydrogens is 468 g/mol. The Balaban J connectivity index is 1.99. The number of carbonyl (C=O) groups excluding carboxylic acids is 1. The van der Waals surface area contributed by atoms with Gasteiger partial charge < -0.3 is 9.64 Å². The molecule has 0 N–H and O–H groups in total. The van der Waals surface area contributed by atoms with Gasteiger partial charge in [0.05, 0.1) is 17.1 Å². The van der Waals surface area contributed by atoms with Gasteiger partial charge in [-0.1, -0.05) is 56.6 Å². The molecular formula is C25H34N4O3S2. The Bertz CT molecular complexity index is 1080. The molecule has 2 aliphatic rings. The molecule has 3 rings (SSSR count). The molecule has 7 nitrogen and oxygen atoms in total. The molecule has 1 aromatic rings. The average molecular weight is 503 g/mol. The zero-order chi connectivity index (χ0) is 25.0. The van der Waals surface area contributed by atoms with Crippen molar-refractivity contribution in [2.45, 2.75) is 72.0 Å². The minimum Gasteiger partial charge on any atom is -0.372 e. The maximum Gasteiger partial charge on any atom is 0.270 e. The second-order valence-electron chi connectivity index (χ2n) is 9.12. The maximum absolute atomic E-state index is 13.2. The Kier molecular flexibility index (Phi) is 8.96. The number of ether oxygens (including phenoxy) is 1. The summed E-state index contributed by atoms with van der Waals surface area (Å²) in [4.78, 5) is 30.5. The Morgan fingerprint density at radius 2 is 1.82 bits per heavy atom. The monoisotopic (exact) mass is 502 g/mol. The summed E-state index contributed by atoms with van der Waals surface area (Å²) >= 11 is 6.81. The summed E-state index contributed by atoms with van der Waals surface area (Å²) in [5.74, 6) is 0.597. The number of hydrogen-bond donors (Lipinski definition) is 0. The molecule has 0 bridgehead atoms. The number of unbranched alkanes of at least 4 members (excludes halogenated alkanes) is 4. The molecule has 2 fully saturated rings. The van der Waals surface area contributed by atoms with Crippen LogP contribution in [0.3, 0.4) is 0 Å². The van der Waals surface area contributed by atoms with Gasteiger partial charge in [-0.3, -0.25) is 19.1 Å². The molecule has 0 radical (unpaired) electrons. The van der Waals surface area contributed by atoms with Gasteiger partial charge in [0.15, 0.2) is 0 Å². The third-order valence-electron chi connectivity index (χ3n) is 6.32. The number of thioether (sulfide) groups is 1. The second-order valence-corrected chi connectivity index (χ2v) is 10.8. The number of rotatable bonds is 8. The lowest BCUT2D eigenvalue weighted by atomic mass is 10.0. The van der Waals surface area contributed by atoms with E-state index >= 15 is 0 Å². The van der Waals surface area contributed by atoms with Crippen molar-refractivity contribution in [1.29, 1.82) is 5.26 Å². The van der Waals surface area contributed by atoms with Crippen molar-refractivity contribution in [2.24, 2.45) is 7.05 Å². The number of anilines is 1. The molecule has 2 unspecified atom stereocenters. The Labute approximate surface area is 211 Å². The summed E-state index contributed by atoms with van der Waals surface area (Å²) in [6, 6.07) is 2.06. The molecule has 1 aromatic heterocycles. The zero-order valence-electron chi connectivity index (χ0n) is 20.7. The standard InChI is InChI=1S/C25H34N4O3S2/c1-6-7-8-9-10-11-29-24(31)21(34-25(29)33)12-19-18(4)20(13-26)23(30)27(5)22(19)28-14-16(2)32-17(3)15-28/h12,16-17H,6-11,14-15H2,1-5H3/b21-12-. The zero-order valence-corrected chi connectivity index (χ0v) is 22.4. The van der Waals surface area contributed by atoms with Crippen LogP contribution in [0.5, 0.6) is 0 Å². The van der Waals surface area contributed by atoms with E-state index in [0.29, 0.717) is 45.8 Å². The number of nitrogens with zero attached hydrogens (tertiary/aromatic N) is 4. The van der Waals surface area contributed by atoms with Crippen LogP contribution in [-0.2, 0) is 16.6 Å². The molecule has 3 heterocycles. The third kappa shape index (κ3) is 5.56. The summed E-state index contributed by atoms with van der Waals surface area (Å²) in [6.07, 6.45) is 7.34. The van der Waals surface area contributed by atoms with Crippen LogP contribution < -0.4 is 10.5 Å². The van der Waals surface area contributed by atoms with E-state index in [-0.39, 0.29) is 29.2 Å². The highest BCUT2D eigenvalue weighted by atomic mass is 32.2. The molecule has 2 aliphatic heterocycles. The molecule has 2 saturated heterocycles. The SMILES string of the molecule is CCCCCCCN1C(=O)/C(=C/c2c(C)c(C#N)c(=O)n(C)c2N2CC(C)OC(C)C2)SC1=S. The van der Waals surface area contributed by atoms with Crippen molar-refractivity contribution in [3.63, 3.8) is 0 Å². The number of nitriles is 1. The fraction of sp³-hybridized carbons (Fsp3) is 0.600. The minimum absolute atomic E-state index is 0.00595. The van der Waals surface area contributed by atoms with Gasteiger partial charge in [-0.25, -0.2) is 0 Å². The van der Waals surface area contributed by atoms with E-state index in [2.05, 4.69) is 17.9 Å². The van der Waals surface area contributed by atoms with E-state index in [9.17, 15) is 14.9 Å². The number of thiocarbonyl (C=S) groups is 1. The number of hydrogen-bond acceptors (Lipinski definition) is 7. The van der Waals surface area contributed by atoms with E-state index in [4.69, 9.17) is 17.0 Å². The Morgan fingerprint density at radius 3 is 2.44 bits per heavy atom. The fourth-order valence-electron chi connectivity index (χ4n) is 4.64. The first kappa shape index (κ1) is 26.5. The summed E-state index contributed by atoms with van der Waals surface area (Å²) < 4.78 is 7.97. The van der Waals surface area contributed by atoms with Gasteiger partial charge >= 0.3 is 0 Å². The number of pyridine rings is 1. The Morgan fingerprint density at radius 1 is 1.18 bits per heavy atom. The molecule has 184 valence electrons. The molecule has 9 heteroatoms. The first-order valence-electron chi connectivity index (χ1n) is 12.0. The maximum atomic E-state index is 13.2. The van der Waals surface area contributed by atoms with E-state index in [1.807, 2.05) is 19.9 Å². The smallest absolute Gasteiger partial charge is 0.270 e. The lowest BCUT2D eigenvalue weighted by Gasteiger charge is -2.38. The minimum atomic E-state index is -0.335. The van der Waals surface area contributed by atoms with Crippen molar-refractivity contribution < 1.29 is 9.53 Å². The summed E-state index contributed by atoms with van der Waals surface area (Å²) in [5.41, 5.74) is 1.05. The number of amides is 1. The van der Waals surface area contributed by atoms with Gasteiger partial charge in [-0.15, -0.1) is 0 Å². The molecule has 34 heavy (non-hydrogen) atoms. The van der Waals surface area contributed by atoms with Crippen LogP contribution in [0.2, 0.25) is 0 Å². The van der Waals surface area contributed by atoms with Gasteiger partial charge in [-0.05, 0) is 38.8 Å². The summed E-state index contributed by atoms with van der Waals surface area (Å²) in [6.45, 7) is 9.80. The van der Waals surface area contributed by atoms with Gasteiger partial charge in [0.2, 0.25) is 0 Å². The normalized spacial score (nSPS) is 22.1. The molecule has 0 aliphatic carbocycles. The average Bonchev–Trinajstić information content (AvgIpc) is 3.04. The highest BCUT2D eigenvalue weighted by Crippen LogP contribution is 2.36. The van der Waals surface area contributed by atoms with Crippen molar-refractivity contribution in [2.75, 3.05) is 24.5 Å². The van der Waals surface area contributed by atoms with Crippen molar-refractivity contribution in [1.82, 2.24) is 9.47 Å². The van der Waals surface area contributed by atoms with Crippen LogP contribution in [0.15, 0.2) is 9.70 Å². The predicted molar refractivity (Wildman–Crippen MR) is 142 cm³/mol. The molecule has 0 spiro atoms. The lowest BCUT2D eigenvalue weighted by molar-refractivity contribution is -0.122. The molecule has 0 saturated carbocycles. The fourth-order valence-corrected chi connectivity index (χ4v) is 5.93. The van der Waals surface area contributed by atoms with Crippen molar-refractivity contribution >= 4 is 46.1 Å². The first-order chi connectivity index (χ1) is 16.2. The van der Waals surface area contributed by atoms with Crippen LogP contribution in [0.1, 0.15) is 69.6 Å². The van der Waals surface area contributed by atoms with E-state index in [1.165, 1.54) is 29.2 Å². The molecule has 0 aromatic carbocycles. The number of aromatic nitrogens is 1. The first-order valence-corrected chi connectivity index (χ1v) is 13.2. The highest BCUT2D eigenvalue weighted by molar-refractivity contribution is 8.26. The van der Waals surface area contributed by atoms with Crippen LogP contribution in [0.25, 0.3) is 6.08 Å². The second kappa shape index (κ2) is 11.5. The van der Waals surface area contributed by atoms with Gasteiger partial charge in [0, 0.05) is 32.2 Å². The summed E-state index contributed by atoms with van der Waals surface area (Å²) in [7, 11) is 1.68. The van der Waals surface area contributed by atoms with Gasteiger partial charge in [0.1, 0.15) is 21.8 Å². The summed E-state index contributed by atoms with van der Waals surface area (Å²) in [5, 5.41) is 9.67. The van der Waals surface area contributed by atoms with Crippen LogP contribution in [-0.4, -0.2) is 51.5 Å². The molecule has 1 amide bonds. The van der Waals surface area contributed by atoms with Crippen molar-refractivity contribution in [3.05, 3.63) is 31.9 Å². The predicted octanol–water partition coefficient (Wildman–Crippen LogP) is 4.35. The largest absolute Gasteiger partial charge is 0.372 e. The van der Waals surface area contributed by atoms with Crippen LogP contribution in [0.4, 0.5) is 5.82 Å². The van der Waals surface area contributed by atoms with Crippen LogP contribution >= 0.6 is 24.0 Å². The highest BCUT2D eigenvalue weighted by Gasteiger charge is 2.33. The van der Waals surface area contributed by atoms with E-state index in [0.717, 1.165) is 19.3 Å².